The van der Waals surface area contributed by atoms with Crippen LogP contribution in [0.5, 0.6) is 5.75 Å². The highest BCUT2D eigenvalue weighted by molar-refractivity contribution is 6.39. The van der Waals surface area contributed by atoms with Crippen molar-refractivity contribution < 1.29 is 9.53 Å². The van der Waals surface area contributed by atoms with Crippen LogP contribution in [-0.4, -0.2) is 19.6 Å². The van der Waals surface area contributed by atoms with Crippen LogP contribution in [0.15, 0.2) is 30.3 Å². The monoisotopic (exact) mass is 372 g/mol. The number of para-hydroxylation sites is 1. The molecule has 0 unspecified atom stereocenters. The van der Waals surface area contributed by atoms with Gasteiger partial charge in [0.15, 0.2) is 0 Å². The quantitative estimate of drug-likeness (QED) is 0.774. The molecule has 7 heteroatoms. The van der Waals surface area contributed by atoms with E-state index in [1.807, 2.05) is 13.0 Å². The van der Waals surface area contributed by atoms with E-state index in [2.05, 4.69) is 10.6 Å². The van der Waals surface area contributed by atoms with Crippen molar-refractivity contribution in [2.24, 2.45) is 0 Å². The molecule has 4 nitrogen and oxygen atoms in total. The Morgan fingerprint density at radius 3 is 2.39 bits per heavy atom. The SMILES string of the molecule is COc1cc(Cl)c(C)cc1NCC(=O)Nc1c(Cl)cccc1Cl. The minimum atomic E-state index is -0.283. The third-order valence-electron chi connectivity index (χ3n) is 3.15. The Bertz CT molecular complexity index is 715. The van der Waals surface area contributed by atoms with E-state index in [0.29, 0.717) is 32.2 Å². The summed E-state index contributed by atoms with van der Waals surface area (Å²) in [6, 6.07) is 8.53. The van der Waals surface area contributed by atoms with E-state index in [0.717, 1.165) is 5.56 Å². The molecule has 0 saturated carbocycles. The summed E-state index contributed by atoms with van der Waals surface area (Å²) in [5.74, 6) is 0.277. The molecule has 0 saturated heterocycles. The lowest BCUT2D eigenvalue weighted by Gasteiger charge is -2.14. The lowest BCUT2D eigenvalue weighted by atomic mass is 10.2. The van der Waals surface area contributed by atoms with Crippen molar-refractivity contribution >= 4 is 52.1 Å². The number of ether oxygens (including phenoxy) is 1. The molecule has 0 radical (unpaired) electrons. The maximum atomic E-state index is 12.1. The summed E-state index contributed by atoms with van der Waals surface area (Å²) < 4.78 is 5.25. The number of rotatable bonds is 5. The van der Waals surface area contributed by atoms with Crippen LogP contribution in [0.2, 0.25) is 15.1 Å². The summed E-state index contributed by atoms with van der Waals surface area (Å²) in [7, 11) is 1.54. The molecule has 0 atom stereocenters. The summed E-state index contributed by atoms with van der Waals surface area (Å²) >= 11 is 18.1. The fourth-order valence-electron chi connectivity index (χ4n) is 1.95. The zero-order valence-electron chi connectivity index (χ0n) is 12.5. The molecule has 0 aromatic heterocycles. The number of benzene rings is 2. The van der Waals surface area contributed by atoms with E-state index in [4.69, 9.17) is 39.5 Å². The van der Waals surface area contributed by atoms with Crippen LogP contribution in [0.25, 0.3) is 0 Å². The van der Waals surface area contributed by atoms with Gasteiger partial charge in [0.05, 0.1) is 35.1 Å². The molecular weight excluding hydrogens is 359 g/mol. The van der Waals surface area contributed by atoms with Crippen molar-refractivity contribution in [3.8, 4) is 5.75 Å². The van der Waals surface area contributed by atoms with Crippen molar-refractivity contribution in [2.45, 2.75) is 6.92 Å². The standard InChI is InChI=1S/C16H15Cl3N2O2/c1-9-6-13(14(23-2)7-12(9)19)20-8-15(22)21-16-10(17)4-3-5-11(16)18/h3-7,20H,8H2,1-2H3,(H,21,22). The molecule has 1 amide bonds. The van der Waals surface area contributed by atoms with Crippen LogP contribution in [0.4, 0.5) is 11.4 Å². The van der Waals surface area contributed by atoms with Crippen molar-refractivity contribution in [3.63, 3.8) is 0 Å². The second-order valence-corrected chi connectivity index (χ2v) is 6.02. The fraction of sp³-hybridized carbons (Fsp3) is 0.188. The molecule has 0 fully saturated rings. The molecule has 23 heavy (non-hydrogen) atoms. The number of methoxy groups -OCH3 is 1. The molecule has 2 aromatic carbocycles. The molecule has 0 aliphatic carbocycles. The third kappa shape index (κ3) is 4.44. The molecule has 2 aromatic rings. The van der Waals surface area contributed by atoms with E-state index < -0.39 is 0 Å². The minimum Gasteiger partial charge on any atom is -0.495 e. The van der Waals surface area contributed by atoms with Gasteiger partial charge in [-0.05, 0) is 30.7 Å². The first kappa shape index (κ1) is 17.7. The Labute approximate surface area is 149 Å². The average molecular weight is 374 g/mol. The summed E-state index contributed by atoms with van der Waals surface area (Å²) in [6.07, 6.45) is 0. The van der Waals surface area contributed by atoms with E-state index in [-0.39, 0.29) is 12.5 Å². The van der Waals surface area contributed by atoms with Crippen LogP contribution in [0.3, 0.4) is 0 Å². The molecule has 122 valence electrons. The number of amides is 1. The molecule has 0 aliphatic heterocycles. The highest BCUT2D eigenvalue weighted by Crippen LogP contribution is 2.31. The Morgan fingerprint density at radius 1 is 1.13 bits per heavy atom. The summed E-state index contributed by atoms with van der Waals surface area (Å²) in [5, 5.41) is 7.05. The number of nitrogens with one attached hydrogen (secondary N) is 2. The number of anilines is 2. The van der Waals surface area contributed by atoms with E-state index in [9.17, 15) is 4.79 Å². The maximum absolute atomic E-state index is 12.1. The number of aryl methyl sites for hydroxylation is 1. The highest BCUT2D eigenvalue weighted by Gasteiger charge is 2.11. The number of carbonyl (C=O) groups excluding carboxylic acids is 1. The number of hydrogen-bond acceptors (Lipinski definition) is 3. The fourth-order valence-corrected chi connectivity index (χ4v) is 2.59. The lowest BCUT2D eigenvalue weighted by molar-refractivity contribution is -0.114. The van der Waals surface area contributed by atoms with Crippen LogP contribution in [0, 0.1) is 6.92 Å². The molecule has 0 heterocycles. The molecular formula is C16H15Cl3N2O2. The second kappa shape index (κ2) is 7.77. The van der Waals surface area contributed by atoms with Gasteiger partial charge < -0.3 is 15.4 Å². The number of carbonyl (C=O) groups is 1. The third-order valence-corrected chi connectivity index (χ3v) is 4.18. The van der Waals surface area contributed by atoms with E-state index in [1.165, 1.54) is 7.11 Å². The Balaban J connectivity index is 2.06. The number of halogens is 3. The molecule has 0 aliphatic rings. The van der Waals surface area contributed by atoms with Gasteiger partial charge in [-0.3, -0.25) is 4.79 Å². The molecule has 2 rings (SSSR count). The molecule has 0 bridgehead atoms. The van der Waals surface area contributed by atoms with E-state index in [1.54, 1.807) is 24.3 Å². The van der Waals surface area contributed by atoms with Crippen molar-refractivity contribution in [2.75, 3.05) is 24.3 Å². The first-order chi connectivity index (χ1) is 10.9. The van der Waals surface area contributed by atoms with Gasteiger partial charge in [0.25, 0.3) is 0 Å². The first-order valence-corrected chi connectivity index (χ1v) is 7.87. The van der Waals surface area contributed by atoms with Gasteiger partial charge in [0.1, 0.15) is 5.75 Å². The zero-order chi connectivity index (χ0) is 17.0. The largest absolute Gasteiger partial charge is 0.495 e. The summed E-state index contributed by atoms with van der Waals surface area (Å²) in [6.45, 7) is 1.90. The highest BCUT2D eigenvalue weighted by atomic mass is 35.5. The lowest BCUT2D eigenvalue weighted by Crippen LogP contribution is -2.22. The molecule has 2 N–H and O–H groups in total. The van der Waals surface area contributed by atoms with Crippen LogP contribution in [-0.2, 0) is 4.79 Å². The van der Waals surface area contributed by atoms with Crippen molar-refractivity contribution in [3.05, 3.63) is 51.0 Å². The Hall–Kier alpha value is -1.62. The Morgan fingerprint density at radius 2 is 1.78 bits per heavy atom. The summed E-state index contributed by atoms with van der Waals surface area (Å²) in [4.78, 5) is 12.1. The summed E-state index contributed by atoms with van der Waals surface area (Å²) in [5.41, 5.74) is 1.95. The van der Waals surface area contributed by atoms with E-state index >= 15 is 0 Å². The van der Waals surface area contributed by atoms with Gasteiger partial charge in [-0.25, -0.2) is 0 Å². The minimum absolute atomic E-state index is 0.0268. The Kier molecular flexibility index (Phi) is 5.99. The van der Waals surface area contributed by atoms with Gasteiger partial charge in [-0.15, -0.1) is 0 Å². The average Bonchev–Trinajstić information content (AvgIpc) is 2.51. The van der Waals surface area contributed by atoms with Gasteiger partial charge >= 0.3 is 0 Å². The maximum Gasteiger partial charge on any atom is 0.243 e. The van der Waals surface area contributed by atoms with Gasteiger partial charge in [-0.2, -0.15) is 0 Å². The van der Waals surface area contributed by atoms with Crippen LogP contribution in [0.1, 0.15) is 5.56 Å². The first-order valence-electron chi connectivity index (χ1n) is 6.74. The van der Waals surface area contributed by atoms with Crippen molar-refractivity contribution in [1.29, 1.82) is 0 Å². The number of hydrogen-bond donors (Lipinski definition) is 2. The predicted octanol–water partition coefficient (Wildman–Crippen LogP) is 5.01. The topological polar surface area (TPSA) is 50.4 Å². The normalized spacial score (nSPS) is 10.3. The molecule has 0 spiro atoms. The van der Waals surface area contributed by atoms with Gasteiger partial charge in [0, 0.05) is 11.1 Å². The zero-order valence-corrected chi connectivity index (χ0v) is 14.8. The van der Waals surface area contributed by atoms with Gasteiger partial charge in [-0.1, -0.05) is 40.9 Å². The smallest absolute Gasteiger partial charge is 0.243 e. The second-order valence-electron chi connectivity index (χ2n) is 4.80. The van der Waals surface area contributed by atoms with Gasteiger partial charge in [0.2, 0.25) is 5.91 Å². The van der Waals surface area contributed by atoms with Crippen molar-refractivity contribution in [1.82, 2.24) is 0 Å². The predicted molar refractivity (Wildman–Crippen MR) is 96.3 cm³/mol. The van der Waals surface area contributed by atoms with Crippen LogP contribution < -0.4 is 15.4 Å². The van der Waals surface area contributed by atoms with Crippen LogP contribution >= 0.6 is 34.8 Å².